The maximum Gasteiger partial charge on any atom is 0.274 e. The number of hydrogen-bond acceptors (Lipinski definition) is 3. The van der Waals surface area contributed by atoms with E-state index in [1.54, 1.807) is 11.3 Å². The van der Waals surface area contributed by atoms with E-state index < -0.39 is 0 Å². The molecule has 1 amide bonds. The fourth-order valence-corrected chi connectivity index (χ4v) is 5.49. The maximum absolute atomic E-state index is 13.4. The molecule has 0 N–H and O–H groups in total. The Hall–Kier alpha value is -1.94. The van der Waals surface area contributed by atoms with Gasteiger partial charge in [0.05, 0.1) is 0 Å². The fraction of sp³-hybridized carbons (Fsp3) is 0.520. The van der Waals surface area contributed by atoms with Crippen molar-refractivity contribution in [1.29, 1.82) is 0 Å². The Morgan fingerprint density at radius 1 is 1.14 bits per heavy atom. The lowest BCUT2D eigenvalue weighted by molar-refractivity contribution is -0.129. The van der Waals surface area contributed by atoms with Gasteiger partial charge in [0.2, 0.25) is 0 Å². The van der Waals surface area contributed by atoms with E-state index in [1.807, 2.05) is 11.4 Å². The molecule has 1 spiro atoms. The van der Waals surface area contributed by atoms with Gasteiger partial charge in [-0.05, 0) is 67.4 Å². The van der Waals surface area contributed by atoms with Gasteiger partial charge in [-0.3, -0.25) is 9.79 Å². The summed E-state index contributed by atoms with van der Waals surface area (Å²) in [6.07, 6.45) is 5.10. The number of carbonyl (C=O) groups excluding carboxylic acids is 1. The minimum absolute atomic E-state index is 0.115. The van der Waals surface area contributed by atoms with Crippen molar-refractivity contribution in [2.75, 3.05) is 6.54 Å². The minimum Gasteiger partial charge on any atom is -0.312 e. The highest BCUT2D eigenvalue weighted by Crippen LogP contribution is 2.46. The van der Waals surface area contributed by atoms with E-state index >= 15 is 0 Å². The lowest BCUT2D eigenvalue weighted by Gasteiger charge is -2.45. The van der Waals surface area contributed by atoms with Crippen molar-refractivity contribution in [2.45, 2.75) is 65.5 Å². The highest BCUT2D eigenvalue weighted by atomic mass is 32.1. The molecule has 2 heterocycles. The highest BCUT2D eigenvalue weighted by molar-refractivity contribution is 7.08. The summed E-state index contributed by atoms with van der Waals surface area (Å²) in [7, 11) is 0. The van der Waals surface area contributed by atoms with Crippen LogP contribution in [0.25, 0.3) is 0 Å². The van der Waals surface area contributed by atoms with Gasteiger partial charge in [0.1, 0.15) is 11.4 Å². The third kappa shape index (κ3) is 4.05. The van der Waals surface area contributed by atoms with E-state index in [1.165, 1.54) is 11.1 Å². The van der Waals surface area contributed by atoms with Crippen LogP contribution in [-0.2, 0) is 11.2 Å². The Morgan fingerprint density at radius 3 is 2.41 bits per heavy atom. The van der Waals surface area contributed by atoms with E-state index in [9.17, 15) is 4.79 Å². The molecular formula is C25H32N2OS. The molecule has 2 aliphatic rings. The molecule has 1 aromatic carbocycles. The molecule has 1 saturated carbocycles. The summed E-state index contributed by atoms with van der Waals surface area (Å²) < 4.78 is 0. The Labute approximate surface area is 178 Å². The predicted molar refractivity (Wildman–Crippen MR) is 122 cm³/mol. The summed E-state index contributed by atoms with van der Waals surface area (Å²) in [6.45, 7) is 9.86. The summed E-state index contributed by atoms with van der Waals surface area (Å²) in [5.74, 6) is 0.812. The van der Waals surface area contributed by atoms with Gasteiger partial charge in [0.15, 0.2) is 0 Å². The number of hydrogen-bond donors (Lipinski definition) is 0. The quantitative estimate of drug-likeness (QED) is 0.623. The molecule has 1 fully saturated rings. The first kappa shape index (κ1) is 20.3. The number of amides is 1. The van der Waals surface area contributed by atoms with E-state index in [2.05, 4.69) is 62.2 Å². The predicted octanol–water partition coefficient (Wildman–Crippen LogP) is 5.86. The molecule has 1 aromatic heterocycles. The average Bonchev–Trinajstić information content (AvgIpc) is 3.29. The van der Waals surface area contributed by atoms with Gasteiger partial charge in [0, 0.05) is 17.5 Å². The second kappa shape index (κ2) is 7.71. The standard InChI is InChI=1S/C25H32N2OS/c1-18-5-7-19(8-6-18)11-15-27-23(28)22(20-12-16-29-17-20)26-25(27)13-9-21(10-14-25)24(2,3)4/h5-8,12,16-17,21H,9-11,13-15H2,1-4H3. The van der Waals surface area contributed by atoms with Crippen molar-refractivity contribution in [1.82, 2.24) is 4.90 Å². The lowest BCUT2D eigenvalue weighted by atomic mass is 9.69. The molecule has 1 aliphatic carbocycles. The zero-order chi connectivity index (χ0) is 20.6. The maximum atomic E-state index is 13.4. The topological polar surface area (TPSA) is 32.7 Å². The number of thiophene rings is 1. The van der Waals surface area contributed by atoms with Crippen LogP contribution in [0, 0.1) is 18.3 Å². The van der Waals surface area contributed by atoms with Crippen molar-refractivity contribution in [3.8, 4) is 0 Å². The smallest absolute Gasteiger partial charge is 0.274 e. The van der Waals surface area contributed by atoms with Gasteiger partial charge in [0.25, 0.3) is 5.91 Å². The van der Waals surface area contributed by atoms with Crippen LogP contribution in [0.5, 0.6) is 0 Å². The molecule has 0 saturated heterocycles. The van der Waals surface area contributed by atoms with E-state index in [0.29, 0.717) is 17.0 Å². The molecule has 0 bridgehead atoms. The molecule has 2 aromatic rings. The SMILES string of the molecule is Cc1ccc(CCN2C(=O)C(c3ccsc3)=NC23CCC(C(C)(C)C)CC3)cc1. The second-order valence-corrected chi connectivity index (χ2v) is 10.6. The molecule has 4 rings (SSSR count). The van der Waals surface area contributed by atoms with Crippen molar-refractivity contribution in [2.24, 2.45) is 16.3 Å². The highest BCUT2D eigenvalue weighted by Gasteiger charge is 2.49. The summed E-state index contributed by atoms with van der Waals surface area (Å²) in [5, 5.41) is 4.08. The minimum atomic E-state index is -0.346. The Kier molecular flexibility index (Phi) is 5.41. The van der Waals surface area contributed by atoms with Crippen LogP contribution in [-0.4, -0.2) is 28.7 Å². The Bertz CT molecular complexity index is 882. The van der Waals surface area contributed by atoms with Crippen LogP contribution in [0.2, 0.25) is 0 Å². The number of benzene rings is 1. The first-order chi connectivity index (χ1) is 13.8. The zero-order valence-electron chi connectivity index (χ0n) is 18.1. The largest absolute Gasteiger partial charge is 0.312 e. The summed E-state index contributed by atoms with van der Waals surface area (Å²) in [4.78, 5) is 20.7. The van der Waals surface area contributed by atoms with E-state index in [4.69, 9.17) is 4.99 Å². The molecule has 154 valence electrons. The van der Waals surface area contributed by atoms with Gasteiger partial charge in [-0.1, -0.05) is 50.6 Å². The van der Waals surface area contributed by atoms with Crippen LogP contribution in [0.15, 0.2) is 46.1 Å². The molecule has 3 nitrogen and oxygen atoms in total. The van der Waals surface area contributed by atoms with E-state index in [-0.39, 0.29) is 11.6 Å². The first-order valence-corrected chi connectivity index (χ1v) is 11.7. The van der Waals surface area contributed by atoms with Crippen LogP contribution in [0.3, 0.4) is 0 Å². The van der Waals surface area contributed by atoms with Crippen molar-refractivity contribution in [3.05, 3.63) is 57.8 Å². The summed E-state index contributed by atoms with van der Waals surface area (Å²) in [6, 6.07) is 10.7. The Morgan fingerprint density at radius 2 is 1.83 bits per heavy atom. The number of aliphatic imine (C=N–C) groups is 1. The summed E-state index contributed by atoms with van der Waals surface area (Å²) >= 11 is 1.63. The summed E-state index contributed by atoms with van der Waals surface area (Å²) in [5.41, 5.74) is 4.17. The molecular weight excluding hydrogens is 376 g/mol. The van der Waals surface area contributed by atoms with Gasteiger partial charge < -0.3 is 4.90 Å². The molecule has 29 heavy (non-hydrogen) atoms. The van der Waals surface area contributed by atoms with Crippen LogP contribution >= 0.6 is 11.3 Å². The van der Waals surface area contributed by atoms with Crippen molar-refractivity contribution in [3.63, 3.8) is 0 Å². The number of rotatable bonds is 4. The number of carbonyl (C=O) groups is 1. The van der Waals surface area contributed by atoms with Crippen molar-refractivity contribution >= 4 is 23.0 Å². The van der Waals surface area contributed by atoms with Gasteiger partial charge in [-0.15, -0.1) is 0 Å². The number of nitrogens with zero attached hydrogens (tertiary/aromatic N) is 2. The molecule has 0 unspecified atom stereocenters. The van der Waals surface area contributed by atoms with Crippen molar-refractivity contribution < 1.29 is 4.79 Å². The third-order valence-electron chi connectivity index (χ3n) is 6.82. The molecule has 4 heteroatoms. The fourth-order valence-electron chi connectivity index (χ4n) is 4.85. The molecule has 0 radical (unpaired) electrons. The Balaban J connectivity index is 1.58. The number of aryl methyl sites for hydroxylation is 1. The van der Waals surface area contributed by atoms with Gasteiger partial charge in [-0.2, -0.15) is 11.3 Å². The lowest BCUT2D eigenvalue weighted by Crippen LogP contribution is -2.50. The zero-order valence-corrected chi connectivity index (χ0v) is 18.9. The van der Waals surface area contributed by atoms with Crippen LogP contribution < -0.4 is 0 Å². The van der Waals surface area contributed by atoms with Crippen LogP contribution in [0.1, 0.15) is 63.1 Å². The average molecular weight is 409 g/mol. The van der Waals surface area contributed by atoms with Gasteiger partial charge >= 0.3 is 0 Å². The monoisotopic (exact) mass is 408 g/mol. The van der Waals surface area contributed by atoms with E-state index in [0.717, 1.165) is 44.2 Å². The second-order valence-electron chi connectivity index (χ2n) is 9.79. The first-order valence-electron chi connectivity index (χ1n) is 10.8. The molecule has 0 atom stereocenters. The van der Waals surface area contributed by atoms with Crippen LogP contribution in [0.4, 0.5) is 0 Å². The molecule has 1 aliphatic heterocycles. The third-order valence-corrected chi connectivity index (χ3v) is 7.50. The van der Waals surface area contributed by atoms with Gasteiger partial charge in [-0.25, -0.2) is 0 Å². The normalized spacial score (nSPS) is 25.0.